The largest absolute Gasteiger partial charge is 0.497 e. The quantitative estimate of drug-likeness (QED) is 0.839. The van der Waals surface area contributed by atoms with E-state index in [1.54, 1.807) is 31.4 Å². The van der Waals surface area contributed by atoms with Crippen LogP contribution in [0.1, 0.15) is 5.56 Å². The summed E-state index contributed by atoms with van der Waals surface area (Å²) in [6.45, 7) is 0. The third-order valence-electron chi connectivity index (χ3n) is 2.79. The molecule has 8 heteroatoms. The van der Waals surface area contributed by atoms with Crippen molar-refractivity contribution in [3.05, 3.63) is 48.2 Å². The zero-order chi connectivity index (χ0) is 16.9. The Hall–Kier alpha value is -2.22. The molecule has 1 aromatic heterocycles. The second-order valence-corrected chi connectivity index (χ2v) is 5.44. The van der Waals surface area contributed by atoms with Gasteiger partial charge in [0.05, 0.1) is 23.5 Å². The molecule has 0 fully saturated rings. The highest BCUT2D eigenvalue weighted by Crippen LogP contribution is 2.29. The van der Waals surface area contributed by atoms with Crippen molar-refractivity contribution in [2.24, 2.45) is 0 Å². The molecule has 1 aromatic carbocycles. The Morgan fingerprint density at radius 1 is 1.22 bits per heavy atom. The van der Waals surface area contributed by atoms with Crippen LogP contribution in [-0.2, 0) is 11.0 Å². The Bertz CT molecular complexity index is 658. The van der Waals surface area contributed by atoms with E-state index in [2.05, 4.69) is 10.3 Å². The van der Waals surface area contributed by atoms with E-state index >= 15 is 0 Å². The molecule has 0 radical (unpaired) electrons. The molecule has 122 valence electrons. The van der Waals surface area contributed by atoms with Gasteiger partial charge in [-0.1, -0.05) is 11.8 Å². The molecule has 0 atom stereocenters. The SMILES string of the molecule is COc1ccc(NC(=O)CSc2ccc(C(F)(F)F)cn2)cc1. The van der Waals surface area contributed by atoms with Gasteiger partial charge in [-0.25, -0.2) is 4.98 Å². The molecule has 1 N–H and O–H groups in total. The lowest BCUT2D eigenvalue weighted by Gasteiger charge is -2.07. The minimum absolute atomic E-state index is 0.0460. The van der Waals surface area contributed by atoms with Crippen LogP contribution in [0.2, 0.25) is 0 Å². The number of methoxy groups -OCH3 is 1. The topological polar surface area (TPSA) is 51.2 Å². The molecule has 0 unspecified atom stereocenters. The highest BCUT2D eigenvalue weighted by molar-refractivity contribution is 7.99. The summed E-state index contributed by atoms with van der Waals surface area (Å²) in [5, 5.41) is 3.03. The summed E-state index contributed by atoms with van der Waals surface area (Å²) < 4.78 is 42.2. The van der Waals surface area contributed by atoms with Gasteiger partial charge in [0.25, 0.3) is 0 Å². The maximum Gasteiger partial charge on any atom is 0.417 e. The number of carbonyl (C=O) groups excluding carboxylic acids is 1. The number of amides is 1. The highest BCUT2D eigenvalue weighted by Gasteiger charge is 2.30. The first-order chi connectivity index (χ1) is 10.9. The summed E-state index contributed by atoms with van der Waals surface area (Å²) in [6, 6.07) is 8.99. The van der Waals surface area contributed by atoms with E-state index < -0.39 is 11.7 Å². The summed E-state index contributed by atoms with van der Waals surface area (Å²) >= 11 is 1.06. The number of halogens is 3. The van der Waals surface area contributed by atoms with Gasteiger partial charge in [-0.2, -0.15) is 13.2 Å². The van der Waals surface area contributed by atoms with Gasteiger partial charge in [0.15, 0.2) is 0 Å². The average Bonchev–Trinajstić information content (AvgIpc) is 2.53. The van der Waals surface area contributed by atoms with Crippen molar-refractivity contribution in [2.45, 2.75) is 11.2 Å². The van der Waals surface area contributed by atoms with Gasteiger partial charge in [0.1, 0.15) is 5.75 Å². The van der Waals surface area contributed by atoms with E-state index in [1.807, 2.05) is 0 Å². The lowest BCUT2D eigenvalue weighted by atomic mass is 10.3. The molecule has 0 aliphatic heterocycles. The second-order valence-electron chi connectivity index (χ2n) is 4.45. The molecular formula is C15H13F3N2O2S. The highest BCUT2D eigenvalue weighted by atomic mass is 32.2. The minimum Gasteiger partial charge on any atom is -0.497 e. The van der Waals surface area contributed by atoms with Gasteiger partial charge in [-0.05, 0) is 36.4 Å². The second kappa shape index (κ2) is 7.36. The molecule has 0 saturated carbocycles. The van der Waals surface area contributed by atoms with Crippen LogP contribution in [0.15, 0.2) is 47.6 Å². The first kappa shape index (κ1) is 17.1. The van der Waals surface area contributed by atoms with E-state index in [0.29, 0.717) is 16.5 Å². The molecule has 1 heterocycles. The van der Waals surface area contributed by atoms with Crippen molar-refractivity contribution in [1.82, 2.24) is 4.98 Å². The summed E-state index contributed by atoms with van der Waals surface area (Å²) in [6.07, 6.45) is -3.66. The lowest BCUT2D eigenvalue weighted by Crippen LogP contribution is -2.14. The number of thioether (sulfide) groups is 1. The zero-order valence-corrected chi connectivity index (χ0v) is 12.9. The predicted octanol–water partition coefficient (Wildman–Crippen LogP) is 3.84. The van der Waals surface area contributed by atoms with Crippen molar-refractivity contribution >= 4 is 23.4 Å². The number of nitrogens with zero attached hydrogens (tertiary/aromatic N) is 1. The number of aromatic nitrogens is 1. The van der Waals surface area contributed by atoms with Crippen LogP contribution in [0.3, 0.4) is 0 Å². The number of carbonyl (C=O) groups is 1. The molecule has 0 spiro atoms. The van der Waals surface area contributed by atoms with Gasteiger partial charge in [0.2, 0.25) is 5.91 Å². The molecule has 2 rings (SSSR count). The summed E-state index contributed by atoms with van der Waals surface area (Å²) in [5.41, 5.74) is -0.207. The fourth-order valence-electron chi connectivity index (χ4n) is 1.64. The number of alkyl halides is 3. The van der Waals surface area contributed by atoms with E-state index in [-0.39, 0.29) is 11.7 Å². The molecule has 0 aliphatic carbocycles. The number of hydrogen-bond acceptors (Lipinski definition) is 4. The maximum atomic E-state index is 12.4. The Kier molecular flexibility index (Phi) is 5.49. The number of rotatable bonds is 5. The summed E-state index contributed by atoms with van der Waals surface area (Å²) in [4.78, 5) is 15.5. The Labute approximate surface area is 135 Å². The van der Waals surface area contributed by atoms with Crippen molar-refractivity contribution < 1.29 is 22.7 Å². The molecule has 0 saturated heterocycles. The van der Waals surface area contributed by atoms with E-state index in [0.717, 1.165) is 24.0 Å². The number of benzene rings is 1. The van der Waals surface area contributed by atoms with Crippen LogP contribution in [0.25, 0.3) is 0 Å². The van der Waals surface area contributed by atoms with Crippen LogP contribution < -0.4 is 10.1 Å². The van der Waals surface area contributed by atoms with Crippen molar-refractivity contribution in [3.8, 4) is 5.75 Å². The predicted molar refractivity (Wildman–Crippen MR) is 81.6 cm³/mol. The summed E-state index contributed by atoms with van der Waals surface area (Å²) in [5.74, 6) is 0.443. The van der Waals surface area contributed by atoms with Crippen LogP contribution in [0, 0.1) is 0 Å². The zero-order valence-electron chi connectivity index (χ0n) is 12.1. The number of anilines is 1. The number of pyridine rings is 1. The molecule has 1 amide bonds. The first-order valence-electron chi connectivity index (χ1n) is 6.48. The Morgan fingerprint density at radius 2 is 1.91 bits per heavy atom. The number of hydrogen-bond donors (Lipinski definition) is 1. The molecule has 4 nitrogen and oxygen atoms in total. The smallest absolute Gasteiger partial charge is 0.417 e. The van der Waals surface area contributed by atoms with Crippen LogP contribution in [0.4, 0.5) is 18.9 Å². The van der Waals surface area contributed by atoms with Gasteiger partial charge >= 0.3 is 6.18 Å². The molecule has 2 aromatic rings. The van der Waals surface area contributed by atoms with Gasteiger partial charge < -0.3 is 10.1 Å². The van der Waals surface area contributed by atoms with Gasteiger partial charge in [-0.15, -0.1) is 0 Å². The first-order valence-corrected chi connectivity index (χ1v) is 7.47. The third-order valence-corrected chi connectivity index (χ3v) is 3.73. The molecular weight excluding hydrogens is 329 g/mol. The Balaban J connectivity index is 1.86. The lowest BCUT2D eigenvalue weighted by molar-refractivity contribution is -0.137. The molecule has 0 bridgehead atoms. The molecule has 0 aliphatic rings. The third kappa shape index (κ3) is 5.17. The van der Waals surface area contributed by atoms with E-state index in [4.69, 9.17) is 4.74 Å². The van der Waals surface area contributed by atoms with E-state index in [1.165, 1.54) is 6.07 Å². The fourth-order valence-corrected chi connectivity index (χ4v) is 2.29. The van der Waals surface area contributed by atoms with E-state index in [9.17, 15) is 18.0 Å². The van der Waals surface area contributed by atoms with Gasteiger partial charge in [0, 0.05) is 11.9 Å². The fraction of sp³-hybridized carbons (Fsp3) is 0.200. The minimum atomic E-state index is -4.41. The Morgan fingerprint density at radius 3 is 2.43 bits per heavy atom. The maximum absolute atomic E-state index is 12.4. The van der Waals surface area contributed by atoms with Gasteiger partial charge in [-0.3, -0.25) is 4.79 Å². The molecule has 23 heavy (non-hydrogen) atoms. The van der Waals surface area contributed by atoms with Crippen LogP contribution >= 0.6 is 11.8 Å². The monoisotopic (exact) mass is 342 g/mol. The normalized spacial score (nSPS) is 11.1. The van der Waals surface area contributed by atoms with Crippen molar-refractivity contribution in [2.75, 3.05) is 18.2 Å². The standard InChI is InChI=1S/C15H13F3N2O2S/c1-22-12-5-3-11(4-6-12)20-13(21)9-23-14-7-2-10(8-19-14)15(16,17)18/h2-8H,9H2,1H3,(H,20,21). The number of nitrogens with one attached hydrogen (secondary N) is 1. The van der Waals surface area contributed by atoms with Crippen LogP contribution in [0.5, 0.6) is 5.75 Å². The van der Waals surface area contributed by atoms with Crippen LogP contribution in [-0.4, -0.2) is 23.8 Å². The van der Waals surface area contributed by atoms with Crippen molar-refractivity contribution in [1.29, 1.82) is 0 Å². The average molecular weight is 342 g/mol. The summed E-state index contributed by atoms with van der Waals surface area (Å²) in [7, 11) is 1.54. The van der Waals surface area contributed by atoms with Crippen molar-refractivity contribution in [3.63, 3.8) is 0 Å². The number of ether oxygens (including phenoxy) is 1.